The molecule has 1 unspecified atom stereocenters. The highest BCUT2D eigenvalue weighted by Crippen LogP contribution is 2.28. The molecule has 200 valence electrons. The summed E-state index contributed by atoms with van der Waals surface area (Å²) in [5.41, 5.74) is 4.57. The number of benzene rings is 1. The number of alkyl halides is 3. The molecule has 38 heavy (non-hydrogen) atoms. The van der Waals surface area contributed by atoms with Crippen molar-refractivity contribution in [1.82, 2.24) is 19.2 Å². The Bertz CT molecular complexity index is 1400. The molecular weight excluding hydrogens is 505 g/mol. The molecule has 1 aromatic carbocycles. The summed E-state index contributed by atoms with van der Waals surface area (Å²) in [7, 11) is 3.75. The maximum atomic E-state index is 12.8. The van der Waals surface area contributed by atoms with Crippen molar-refractivity contribution in [1.29, 1.82) is 0 Å². The van der Waals surface area contributed by atoms with Crippen molar-refractivity contribution in [3.63, 3.8) is 0 Å². The van der Waals surface area contributed by atoms with Gasteiger partial charge in [-0.05, 0) is 55.1 Å². The molecule has 1 saturated heterocycles. The number of fused-ring (bicyclic) bond motifs is 1. The molecule has 0 bridgehead atoms. The molecular formula is C26H25F3N4O5. The average Bonchev–Trinajstić information content (AvgIpc) is 3.59. The van der Waals surface area contributed by atoms with Crippen molar-refractivity contribution in [3.05, 3.63) is 78.5 Å². The minimum absolute atomic E-state index is 0.00506. The Morgan fingerprint density at radius 3 is 2.42 bits per heavy atom. The van der Waals surface area contributed by atoms with E-state index in [0.29, 0.717) is 18.7 Å². The zero-order valence-electron chi connectivity index (χ0n) is 20.6. The number of nitrogens with zero attached hydrogens (tertiary/aromatic N) is 4. The minimum Gasteiger partial charge on any atom is -0.497 e. The Labute approximate surface area is 215 Å². The summed E-state index contributed by atoms with van der Waals surface area (Å²) in [4.78, 5) is 30.8. The lowest BCUT2D eigenvalue weighted by Gasteiger charge is -2.38. The zero-order chi connectivity index (χ0) is 27.4. The van der Waals surface area contributed by atoms with Crippen LogP contribution < -0.4 is 4.74 Å². The first kappa shape index (κ1) is 26.7. The van der Waals surface area contributed by atoms with E-state index in [1.165, 1.54) is 12.5 Å². The van der Waals surface area contributed by atoms with Crippen LogP contribution in [0.2, 0.25) is 0 Å². The van der Waals surface area contributed by atoms with E-state index in [0.717, 1.165) is 34.9 Å². The first-order valence-corrected chi connectivity index (χ1v) is 11.5. The fourth-order valence-corrected chi connectivity index (χ4v) is 4.13. The molecule has 0 spiro atoms. The van der Waals surface area contributed by atoms with Gasteiger partial charge in [0.15, 0.2) is 0 Å². The van der Waals surface area contributed by atoms with Gasteiger partial charge in [0.25, 0.3) is 5.91 Å². The number of hydrogen-bond acceptors (Lipinski definition) is 6. The van der Waals surface area contributed by atoms with Crippen LogP contribution in [-0.2, 0) is 4.79 Å². The molecule has 4 aromatic rings. The molecule has 9 nitrogen and oxygen atoms in total. The van der Waals surface area contributed by atoms with Crippen molar-refractivity contribution in [2.24, 2.45) is 0 Å². The van der Waals surface area contributed by atoms with E-state index < -0.39 is 12.1 Å². The van der Waals surface area contributed by atoms with E-state index in [4.69, 9.17) is 24.0 Å². The number of aromatic nitrogens is 2. The predicted octanol–water partition coefficient (Wildman–Crippen LogP) is 4.37. The third-order valence-electron chi connectivity index (χ3n) is 6.18. The largest absolute Gasteiger partial charge is 0.497 e. The second kappa shape index (κ2) is 11.0. The van der Waals surface area contributed by atoms with Gasteiger partial charge in [-0.1, -0.05) is 6.07 Å². The van der Waals surface area contributed by atoms with Crippen LogP contribution in [-0.4, -0.2) is 76.1 Å². The van der Waals surface area contributed by atoms with Crippen LogP contribution in [0.5, 0.6) is 5.75 Å². The fourth-order valence-electron chi connectivity index (χ4n) is 4.13. The number of pyridine rings is 1. The van der Waals surface area contributed by atoms with Crippen LogP contribution in [0.15, 0.2) is 71.7 Å². The first-order chi connectivity index (χ1) is 18.1. The number of imidazole rings is 1. The Kier molecular flexibility index (Phi) is 7.72. The molecule has 1 aliphatic heterocycles. The number of amides is 1. The van der Waals surface area contributed by atoms with Gasteiger partial charge in [-0.15, -0.1) is 0 Å². The first-order valence-electron chi connectivity index (χ1n) is 11.5. The highest BCUT2D eigenvalue weighted by atomic mass is 19.4. The average molecular weight is 531 g/mol. The summed E-state index contributed by atoms with van der Waals surface area (Å²) >= 11 is 0. The molecule has 1 aliphatic rings. The van der Waals surface area contributed by atoms with Gasteiger partial charge in [-0.2, -0.15) is 13.2 Å². The van der Waals surface area contributed by atoms with Crippen molar-refractivity contribution >= 4 is 17.5 Å². The number of hydrogen-bond donors (Lipinski definition) is 1. The van der Waals surface area contributed by atoms with E-state index in [9.17, 15) is 18.0 Å². The maximum absolute atomic E-state index is 12.8. The van der Waals surface area contributed by atoms with E-state index in [-0.39, 0.29) is 11.9 Å². The molecule has 1 fully saturated rings. The van der Waals surface area contributed by atoms with Gasteiger partial charge < -0.3 is 19.2 Å². The minimum atomic E-state index is -5.08. The van der Waals surface area contributed by atoms with Crippen molar-refractivity contribution < 1.29 is 37.0 Å². The summed E-state index contributed by atoms with van der Waals surface area (Å²) in [6, 6.07) is 15.9. The summed E-state index contributed by atoms with van der Waals surface area (Å²) in [6.45, 7) is 2.05. The predicted molar refractivity (Wildman–Crippen MR) is 131 cm³/mol. The highest BCUT2D eigenvalue weighted by molar-refractivity contribution is 5.93. The third kappa shape index (κ3) is 5.80. The van der Waals surface area contributed by atoms with Gasteiger partial charge >= 0.3 is 12.1 Å². The number of piperazine rings is 1. The lowest BCUT2D eigenvalue weighted by molar-refractivity contribution is -0.192. The van der Waals surface area contributed by atoms with Crippen molar-refractivity contribution in [2.75, 3.05) is 33.8 Å². The number of carboxylic acid groups (broad SMARTS) is 1. The molecule has 5 rings (SSSR count). The Morgan fingerprint density at radius 1 is 1.11 bits per heavy atom. The number of carbonyl (C=O) groups excluding carboxylic acids is 1. The van der Waals surface area contributed by atoms with Crippen molar-refractivity contribution in [3.8, 4) is 17.0 Å². The number of ether oxygens (including phenoxy) is 1. The number of carbonyl (C=O) groups is 2. The normalized spacial score (nSPS) is 16.1. The summed E-state index contributed by atoms with van der Waals surface area (Å²) in [5, 5.41) is 7.12. The molecule has 0 saturated carbocycles. The van der Waals surface area contributed by atoms with Gasteiger partial charge in [0.1, 0.15) is 17.7 Å². The molecule has 1 amide bonds. The zero-order valence-corrected chi connectivity index (χ0v) is 20.6. The summed E-state index contributed by atoms with van der Waals surface area (Å²) < 4.78 is 44.2. The lowest BCUT2D eigenvalue weighted by Crippen LogP contribution is -2.49. The number of aliphatic carboxylic acids is 1. The highest BCUT2D eigenvalue weighted by Gasteiger charge is 2.38. The second-order valence-electron chi connectivity index (χ2n) is 8.60. The maximum Gasteiger partial charge on any atom is 0.490 e. The molecule has 4 heterocycles. The molecule has 12 heteroatoms. The Morgan fingerprint density at radius 2 is 1.82 bits per heavy atom. The molecule has 1 atom stereocenters. The molecule has 0 aliphatic carbocycles. The number of methoxy groups -OCH3 is 1. The number of likely N-dealkylation sites (N-methyl/N-ethyl adjacent to an activating group) is 1. The number of halogens is 3. The van der Waals surface area contributed by atoms with E-state index in [1.807, 2.05) is 41.3 Å². The smallest absolute Gasteiger partial charge is 0.490 e. The SMILES string of the molecule is COc1ccc(-c2cccc3nc(C4CN(C(=O)c5ccoc5)CCN4C)cn23)cc1.O=C(O)C(F)(F)F. The van der Waals surface area contributed by atoms with Crippen LogP contribution in [0.4, 0.5) is 13.2 Å². The fraction of sp³-hybridized carbons (Fsp3) is 0.269. The summed E-state index contributed by atoms with van der Waals surface area (Å²) in [5.74, 6) is -1.93. The monoisotopic (exact) mass is 530 g/mol. The van der Waals surface area contributed by atoms with Crippen molar-refractivity contribution in [2.45, 2.75) is 12.2 Å². The van der Waals surface area contributed by atoms with E-state index >= 15 is 0 Å². The summed E-state index contributed by atoms with van der Waals surface area (Å²) in [6.07, 6.45) is 0.0349. The van der Waals surface area contributed by atoms with Gasteiger partial charge in [0.2, 0.25) is 0 Å². The van der Waals surface area contributed by atoms with E-state index in [2.05, 4.69) is 28.6 Å². The van der Waals surface area contributed by atoms with Gasteiger partial charge in [-0.3, -0.25) is 14.1 Å². The van der Waals surface area contributed by atoms with Gasteiger partial charge in [-0.25, -0.2) is 9.78 Å². The second-order valence-corrected chi connectivity index (χ2v) is 8.60. The standard InChI is InChI=1S/C24H24N4O3.C2HF3O2/c1-26-11-12-27(24(29)18-10-13-31-16-18)15-22(26)20-14-28-21(4-3-5-23(28)25-20)17-6-8-19(30-2)9-7-17;3-2(4,5)1(6)7/h3-10,13-14,16,22H,11-12,15H2,1-2H3;(H,6,7). The van der Waals surface area contributed by atoms with Gasteiger partial charge in [0, 0.05) is 25.8 Å². The van der Waals surface area contributed by atoms with Crippen LogP contribution >= 0.6 is 0 Å². The van der Waals surface area contributed by atoms with Crippen LogP contribution in [0.3, 0.4) is 0 Å². The van der Waals surface area contributed by atoms with Crippen LogP contribution in [0.1, 0.15) is 22.1 Å². The number of rotatable bonds is 4. The lowest BCUT2D eigenvalue weighted by atomic mass is 10.1. The molecule has 3 aromatic heterocycles. The third-order valence-corrected chi connectivity index (χ3v) is 6.18. The van der Waals surface area contributed by atoms with Gasteiger partial charge in [0.05, 0.1) is 36.4 Å². The Balaban J connectivity index is 0.000000426. The molecule has 0 radical (unpaired) electrons. The quantitative estimate of drug-likeness (QED) is 0.418. The van der Waals surface area contributed by atoms with Crippen LogP contribution in [0.25, 0.3) is 16.9 Å². The van der Waals surface area contributed by atoms with E-state index in [1.54, 1.807) is 13.2 Å². The number of furan rings is 1. The van der Waals surface area contributed by atoms with Crippen LogP contribution in [0, 0.1) is 0 Å². The Hall–Kier alpha value is -4.32. The molecule has 1 N–H and O–H groups in total. The topological polar surface area (TPSA) is 101 Å². The number of carboxylic acids is 1.